The Morgan fingerprint density at radius 3 is 2.40 bits per heavy atom. The first-order chi connectivity index (χ1) is 6.88. The molecule has 0 radical (unpaired) electrons. The molecule has 1 rings (SSSR count). The Morgan fingerprint density at radius 1 is 1.53 bits per heavy atom. The van der Waals surface area contributed by atoms with Gasteiger partial charge in [0.15, 0.2) is 0 Å². The van der Waals surface area contributed by atoms with Crippen molar-refractivity contribution in [2.45, 2.75) is 45.7 Å². The van der Waals surface area contributed by atoms with Crippen molar-refractivity contribution in [1.29, 1.82) is 0 Å². The normalized spacial score (nSPS) is 18.7. The highest BCUT2D eigenvalue weighted by atomic mass is 16.3. The molecule has 0 heterocycles. The Bertz CT molecular complexity index is 231. The topological polar surface area (TPSA) is 66.6 Å². The average molecular weight is 214 g/mol. The molecule has 0 aromatic rings. The summed E-state index contributed by atoms with van der Waals surface area (Å²) in [6, 6.07) is -0.164. The average Bonchev–Trinajstić information content (AvgIpc) is 2.93. The molecule has 15 heavy (non-hydrogen) atoms. The van der Waals surface area contributed by atoms with Crippen LogP contribution in [-0.2, 0) is 4.79 Å². The fourth-order valence-corrected chi connectivity index (χ4v) is 1.52. The van der Waals surface area contributed by atoms with Crippen molar-refractivity contribution < 1.29 is 9.90 Å². The second-order valence-electron chi connectivity index (χ2n) is 5.33. The van der Waals surface area contributed by atoms with Crippen LogP contribution in [0, 0.1) is 5.41 Å². The maximum Gasteiger partial charge on any atom is 0.240 e. The third kappa shape index (κ3) is 3.18. The van der Waals surface area contributed by atoms with E-state index in [0.717, 1.165) is 12.8 Å². The molecule has 1 aliphatic carbocycles. The van der Waals surface area contributed by atoms with Crippen molar-refractivity contribution in [3.8, 4) is 0 Å². The lowest BCUT2D eigenvalue weighted by atomic mass is 9.86. The number of hydrogen-bond acceptors (Lipinski definition) is 3. The minimum absolute atomic E-state index is 0.0130. The number of amides is 1. The number of hydrogen-bond donors (Lipinski definition) is 2. The quantitative estimate of drug-likeness (QED) is 0.709. The molecule has 0 bridgehead atoms. The summed E-state index contributed by atoms with van der Waals surface area (Å²) in [5, 5.41) is 8.91. The number of rotatable bonds is 4. The largest absolute Gasteiger partial charge is 0.395 e. The minimum Gasteiger partial charge on any atom is -0.395 e. The molecule has 1 amide bonds. The van der Waals surface area contributed by atoms with Crippen molar-refractivity contribution in [3.05, 3.63) is 0 Å². The third-order valence-corrected chi connectivity index (χ3v) is 2.81. The maximum atomic E-state index is 12.1. The summed E-state index contributed by atoms with van der Waals surface area (Å²) in [5.74, 6) is -0.0287. The summed E-state index contributed by atoms with van der Waals surface area (Å²) in [7, 11) is 0. The van der Waals surface area contributed by atoms with Crippen LogP contribution in [0.15, 0.2) is 0 Å². The van der Waals surface area contributed by atoms with Gasteiger partial charge in [0.25, 0.3) is 0 Å². The van der Waals surface area contributed by atoms with E-state index >= 15 is 0 Å². The fraction of sp³-hybridized carbons (Fsp3) is 0.909. The zero-order chi connectivity index (χ0) is 11.6. The molecule has 0 aromatic carbocycles. The van der Waals surface area contributed by atoms with Crippen LogP contribution in [0.2, 0.25) is 0 Å². The van der Waals surface area contributed by atoms with Crippen molar-refractivity contribution in [3.63, 3.8) is 0 Å². The van der Waals surface area contributed by atoms with Gasteiger partial charge in [-0.05, 0) is 18.3 Å². The molecule has 4 heteroatoms. The number of aliphatic hydroxyl groups is 1. The Hall–Kier alpha value is -0.610. The monoisotopic (exact) mass is 214 g/mol. The smallest absolute Gasteiger partial charge is 0.240 e. The molecule has 1 aliphatic rings. The molecular formula is C11H22N2O2. The van der Waals surface area contributed by atoms with E-state index in [1.807, 2.05) is 20.8 Å². The van der Waals surface area contributed by atoms with Crippen molar-refractivity contribution >= 4 is 5.91 Å². The summed E-state index contributed by atoms with van der Waals surface area (Å²) in [4.78, 5) is 13.8. The van der Waals surface area contributed by atoms with Gasteiger partial charge in [0.05, 0.1) is 12.6 Å². The summed E-state index contributed by atoms with van der Waals surface area (Å²) in [6.07, 6.45) is 2.09. The predicted molar refractivity (Wildman–Crippen MR) is 59.3 cm³/mol. The van der Waals surface area contributed by atoms with Crippen molar-refractivity contribution in [2.75, 3.05) is 13.2 Å². The lowest BCUT2D eigenvalue weighted by Crippen LogP contribution is -2.51. The second kappa shape index (κ2) is 4.49. The number of carbonyl (C=O) groups is 1. The van der Waals surface area contributed by atoms with E-state index < -0.39 is 6.04 Å². The molecule has 88 valence electrons. The fourth-order valence-electron chi connectivity index (χ4n) is 1.52. The maximum absolute atomic E-state index is 12.1. The van der Waals surface area contributed by atoms with E-state index in [2.05, 4.69) is 0 Å². The SMILES string of the molecule is CC(C)(C)C(N)C(=O)N(CCO)C1CC1. The summed E-state index contributed by atoms with van der Waals surface area (Å²) in [6.45, 7) is 6.30. The van der Waals surface area contributed by atoms with Gasteiger partial charge in [0.1, 0.15) is 0 Å². The van der Waals surface area contributed by atoms with Gasteiger partial charge < -0.3 is 15.7 Å². The van der Waals surface area contributed by atoms with E-state index in [0.29, 0.717) is 12.6 Å². The lowest BCUT2D eigenvalue weighted by molar-refractivity contribution is -0.136. The van der Waals surface area contributed by atoms with Gasteiger partial charge >= 0.3 is 0 Å². The second-order valence-corrected chi connectivity index (χ2v) is 5.33. The molecule has 3 N–H and O–H groups in total. The Kier molecular flexibility index (Phi) is 3.73. The van der Waals surface area contributed by atoms with E-state index in [9.17, 15) is 4.79 Å². The first-order valence-corrected chi connectivity index (χ1v) is 5.55. The van der Waals surface area contributed by atoms with Gasteiger partial charge in [-0.1, -0.05) is 20.8 Å². The van der Waals surface area contributed by atoms with E-state index in [1.165, 1.54) is 0 Å². The lowest BCUT2D eigenvalue weighted by Gasteiger charge is -2.31. The summed E-state index contributed by atoms with van der Waals surface area (Å²) >= 11 is 0. The van der Waals surface area contributed by atoms with Gasteiger partial charge in [0, 0.05) is 12.6 Å². The molecule has 0 saturated heterocycles. The molecule has 0 aromatic heterocycles. The molecule has 0 aliphatic heterocycles. The first-order valence-electron chi connectivity index (χ1n) is 5.55. The van der Waals surface area contributed by atoms with Crippen LogP contribution in [0.4, 0.5) is 0 Å². The molecule has 1 saturated carbocycles. The van der Waals surface area contributed by atoms with Crippen LogP contribution >= 0.6 is 0 Å². The highest BCUT2D eigenvalue weighted by molar-refractivity contribution is 5.83. The van der Waals surface area contributed by atoms with Gasteiger partial charge in [0.2, 0.25) is 5.91 Å². The molecular weight excluding hydrogens is 192 g/mol. The van der Waals surface area contributed by atoms with Crippen LogP contribution in [0.25, 0.3) is 0 Å². The number of carbonyl (C=O) groups excluding carboxylic acids is 1. The van der Waals surface area contributed by atoms with Crippen molar-refractivity contribution in [2.24, 2.45) is 11.1 Å². The zero-order valence-corrected chi connectivity index (χ0v) is 9.86. The standard InChI is InChI=1S/C11H22N2O2/c1-11(2,3)9(12)10(15)13(6-7-14)8-4-5-8/h8-9,14H,4-7,12H2,1-3H3. The van der Waals surface area contributed by atoms with Crippen LogP contribution in [0.1, 0.15) is 33.6 Å². The molecule has 1 atom stereocenters. The minimum atomic E-state index is -0.482. The summed E-state index contributed by atoms with van der Waals surface area (Å²) < 4.78 is 0. The molecule has 4 nitrogen and oxygen atoms in total. The van der Waals surface area contributed by atoms with Gasteiger partial charge in [-0.3, -0.25) is 4.79 Å². The number of nitrogens with two attached hydrogens (primary N) is 1. The van der Waals surface area contributed by atoms with Crippen molar-refractivity contribution in [1.82, 2.24) is 4.90 Å². The summed E-state index contributed by atoms with van der Waals surface area (Å²) in [5.41, 5.74) is 5.70. The third-order valence-electron chi connectivity index (χ3n) is 2.81. The first kappa shape index (κ1) is 12.5. The molecule has 1 unspecified atom stereocenters. The Labute approximate surface area is 91.4 Å². The Balaban J connectivity index is 2.63. The van der Waals surface area contributed by atoms with Gasteiger partial charge in [-0.25, -0.2) is 0 Å². The van der Waals surface area contributed by atoms with Crippen LogP contribution in [0.3, 0.4) is 0 Å². The highest BCUT2D eigenvalue weighted by Gasteiger charge is 2.37. The number of nitrogens with zero attached hydrogens (tertiary/aromatic N) is 1. The zero-order valence-electron chi connectivity index (χ0n) is 9.86. The predicted octanol–water partition coefficient (Wildman–Crippen LogP) is 0.343. The molecule has 0 spiro atoms. The van der Waals surface area contributed by atoms with E-state index in [-0.39, 0.29) is 17.9 Å². The van der Waals surface area contributed by atoms with Crippen LogP contribution in [0.5, 0.6) is 0 Å². The van der Waals surface area contributed by atoms with Crippen LogP contribution < -0.4 is 5.73 Å². The number of aliphatic hydroxyl groups excluding tert-OH is 1. The Morgan fingerprint density at radius 2 is 2.07 bits per heavy atom. The van der Waals surface area contributed by atoms with E-state index in [1.54, 1.807) is 4.90 Å². The van der Waals surface area contributed by atoms with Gasteiger partial charge in [-0.15, -0.1) is 0 Å². The highest BCUT2D eigenvalue weighted by Crippen LogP contribution is 2.29. The van der Waals surface area contributed by atoms with E-state index in [4.69, 9.17) is 10.8 Å². The van der Waals surface area contributed by atoms with Gasteiger partial charge in [-0.2, -0.15) is 0 Å². The molecule has 1 fully saturated rings. The van der Waals surface area contributed by atoms with Crippen LogP contribution in [-0.4, -0.2) is 41.1 Å².